The van der Waals surface area contributed by atoms with E-state index in [9.17, 15) is 9.18 Å². The van der Waals surface area contributed by atoms with Gasteiger partial charge in [0.25, 0.3) is 5.91 Å². The quantitative estimate of drug-likeness (QED) is 0.183. The molecule has 0 fully saturated rings. The Kier molecular flexibility index (Phi) is 7.54. The Hall–Kier alpha value is -3.01. The van der Waals surface area contributed by atoms with Crippen molar-refractivity contribution in [3.63, 3.8) is 0 Å². The Morgan fingerprint density at radius 2 is 1.88 bits per heavy atom. The van der Waals surface area contributed by atoms with Crippen molar-refractivity contribution in [3.05, 3.63) is 93.7 Å². The zero-order chi connectivity index (χ0) is 23.2. The number of nitrogens with zero attached hydrogens (tertiary/aromatic N) is 4. The van der Waals surface area contributed by atoms with Crippen molar-refractivity contribution in [1.29, 1.82) is 0 Å². The second kappa shape index (κ2) is 10.7. The highest BCUT2D eigenvalue weighted by Crippen LogP contribution is 2.28. The van der Waals surface area contributed by atoms with E-state index in [0.717, 1.165) is 11.3 Å². The predicted octanol–water partition coefficient (Wildman–Crippen LogP) is 5.73. The van der Waals surface area contributed by atoms with Crippen molar-refractivity contribution in [1.82, 2.24) is 20.2 Å². The molecule has 10 heteroatoms. The van der Waals surface area contributed by atoms with Crippen LogP contribution in [0.3, 0.4) is 0 Å². The van der Waals surface area contributed by atoms with Gasteiger partial charge >= 0.3 is 0 Å². The van der Waals surface area contributed by atoms with Gasteiger partial charge in [-0.1, -0.05) is 57.5 Å². The molecule has 6 nitrogen and oxygen atoms in total. The molecule has 4 aromatic rings. The average Bonchev–Trinajstić information content (AvgIpc) is 3.25. The van der Waals surface area contributed by atoms with E-state index in [4.69, 9.17) is 11.6 Å². The number of hydrogen-bond acceptors (Lipinski definition) is 5. The highest BCUT2D eigenvalue weighted by Gasteiger charge is 2.17. The molecule has 1 N–H and O–H groups in total. The van der Waals surface area contributed by atoms with Gasteiger partial charge in [-0.3, -0.25) is 9.36 Å². The van der Waals surface area contributed by atoms with Crippen molar-refractivity contribution in [3.8, 4) is 17.1 Å². The molecule has 1 heterocycles. The summed E-state index contributed by atoms with van der Waals surface area (Å²) in [5.74, 6) is -0.119. The number of thioether (sulfide) groups is 1. The summed E-state index contributed by atoms with van der Waals surface area (Å²) in [4.78, 5) is 12.3. The minimum Gasteiger partial charge on any atom is -0.272 e. The molecular weight excluding hydrogens is 529 g/mol. The molecule has 0 saturated carbocycles. The number of hydrogen-bond donors (Lipinski definition) is 1. The zero-order valence-corrected chi connectivity index (χ0v) is 20.1. The van der Waals surface area contributed by atoms with Crippen molar-refractivity contribution in [2.75, 3.05) is 5.75 Å². The first kappa shape index (κ1) is 23.2. The number of benzene rings is 3. The summed E-state index contributed by atoms with van der Waals surface area (Å²) < 4.78 is 16.4. The molecule has 33 heavy (non-hydrogen) atoms. The first-order chi connectivity index (χ1) is 16.0. The molecule has 0 atom stereocenters. The van der Waals surface area contributed by atoms with Crippen LogP contribution >= 0.6 is 39.3 Å². The van der Waals surface area contributed by atoms with Gasteiger partial charge in [0.15, 0.2) is 11.0 Å². The molecule has 0 unspecified atom stereocenters. The van der Waals surface area contributed by atoms with Crippen LogP contribution in [0.4, 0.5) is 4.39 Å². The lowest BCUT2D eigenvalue weighted by Gasteiger charge is -2.10. The number of amides is 1. The highest BCUT2D eigenvalue weighted by molar-refractivity contribution is 9.10. The van der Waals surface area contributed by atoms with E-state index < -0.39 is 5.82 Å². The molecule has 0 aliphatic carbocycles. The smallest absolute Gasteiger partial charge is 0.250 e. The van der Waals surface area contributed by atoms with Crippen LogP contribution in [0, 0.1) is 5.82 Å². The first-order valence-corrected chi connectivity index (χ1v) is 11.8. The van der Waals surface area contributed by atoms with Crippen LogP contribution in [0.15, 0.2) is 87.5 Å². The van der Waals surface area contributed by atoms with E-state index in [0.29, 0.717) is 20.5 Å². The van der Waals surface area contributed by atoms with Crippen LogP contribution in [0.5, 0.6) is 0 Å². The van der Waals surface area contributed by atoms with Crippen molar-refractivity contribution >= 4 is 51.4 Å². The standard InChI is InChI=1S/C23H16BrClFN5OS/c24-17-8-11-20(26)16(12-17)13-27-28-21(32)14-33-23-30-29-22(15-6-9-18(25)10-7-15)31(23)19-4-2-1-3-5-19/h1-13H,14H2,(H,28,32). The molecule has 4 rings (SSSR count). The number of halogens is 3. The number of rotatable bonds is 7. The number of hydrazone groups is 1. The Balaban J connectivity index is 1.50. The van der Waals surface area contributed by atoms with Crippen molar-refractivity contribution in [2.45, 2.75) is 5.16 Å². The molecule has 1 amide bonds. The van der Waals surface area contributed by atoms with E-state index in [2.05, 4.69) is 36.7 Å². The average molecular weight is 545 g/mol. The van der Waals surface area contributed by atoms with Gasteiger partial charge < -0.3 is 0 Å². The van der Waals surface area contributed by atoms with Crippen LogP contribution in [0.2, 0.25) is 5.02 Å². The number of carbonyl (C=O) groups is 1. The van der Waals surface area contributed by atoms with Gasteiger partial charge in [0.2, 0.25) is 0 Å². The van der Waals surface area contributed by atoms with E-state index in [1.807, 2.05) is 47.0 Å². The molecule has 166 valence electrons. The maximum atomic E-state index is 13.8. The fourth-order valence-corrected chi connectivity index (χ4v) is 4.16. The van der Waals surface area contributed by atoms with Gasteiger partial charge in [0.1, 0.15) is 5.82 Å². The van der Waals surface area contributed by atoms with Gasteiger partial charge in [-0.25, -0.2) is 9.82 Å². The summed E-state index contributed by atoms with van der Waals surface area (Å²) in [5, 5.41) is 13.6. The molecule has 0 aliphatic heterocycles. The molecule has 0 spiro atoms. The number of nitrogens with one attached hydrogen (secondary N) is 1. The molecule has 3 aromatic carbocycles. The number of aromatic nitrogens is 3. The summed E-state index contributed by atoms with van der Waals surface area (Å²) in [6.45, 7) is 0. The lowest BCUT2D eigenvalue weighted by Crippen LogP contribution is -2.20. The lowest BCUT2D eigenvalue weighted by atomic mass is 10.2. The van der Waals surface area contributed by atoms with Gasteiger partial charge in [-0.05, 0) is 54.6 Å². The summed E-state index contributed by atoms with van der Waals surface area (Å²) in [5.41, 5.74) is 4.37. The lowest BCUT2D eigenvalue weighted by molar-refractivity contribution is -0.118. The van der Waals surface area contributed by atoms with E-state index in [1.54, 1.807) is 24.3 Å². The van der Waals surface area contributed by atoms with E-state index >= 15 is 0 Å². The molecule has 0 saturated heterocycles. The largest absolute Gasteiger partial charge is 0.272 e. The summed E-state index contributed by atoms with van der Waals surface area (Å²) >= 11 is 10.5. The topological polar surface area (TPSA) is 72.2 Å². The molecule has 1 aromatic heterocycles. The summed E-state index contributed by atoms with van der Waals surface area (Å²) in [7, 11) is 0. The Morgan fingerprint density at radius 3 is 2.64 bits per heavy atom. The van der Waals surface area contributed by atoms with Crippen LogP contribution in [-0.4, -0.2) is 32.6 Å². The third-order valence-corrected chi connectivity index (χ3v) is 6.11. The molecule has 0 radical (unpaired) electrons. The van der Waals surface area contributed by atoms with E-state index in [-0.39, 0.29) is 17.2 Å². The Bertz CT molecular complexity index is 1300. The second-order valence-electron chi connectivity index (χ2n) is 6.73. The number of para-hydroxylation sites is 1. The number of carbonyl (C=O) groups excluding carboxylic acids is 1. The van der Waals surface area contributed by atoms with Gasteiger partial charge in [-0.15, -0.1) is 10.2 Å². The fourth-order valence-electron chi connectivity index (χ4n) is 2.91. The third-order valence-electron chi connectivity index (χ3n) is 4.43. The maximum absolute atomic E-state index is 13.8. The van der Waals surface area contributed by atoms with E-state index in [1.165, 1.54) is 24.0 Å². The van der Waals surface area contributed by atoms with Crippen LogP contribution < -0.4 is 5.43 Å². The second-order valence-corrected chi connectivity index (χ2v) is 9.03. The van der Waals surface area contributed by atoms with Gasteiger partial charge in [-0.2, -0.15) is 5.10 Å². The summed E-state index contributed by atoms with van der Waals surface area (Å²) in [6.07, 6.45) is 1.26. The first-order valence-electron chi connectivity index (χ1n) is 9.68. The van der Waals surface area contributed by atoms with Crippen molar-refractivity contribution in [2.24, 2.45) is 5.10 Å². The molecular formula is C23H16BrClFN5OS. The van der Waals surface area contributed by atoms with Gasteiger partial charge in [0, 0.05) is 26.3 Å². The third kappa shape index (κ3) is 5.87. The highest BCUT2D eigenvalue weighted by atomic mass is 79.9. The maximum Gasteiger partial charge on any atom is 0.250 e. The Labute approximate surface area is 207 Å². The molecule has 0 aliphatic rings. The minimum atomic E-state index is -0.434. The SMILES string of the molecule is O=C(CSc1nnc(-c2ccc(Cl)cc2)n1-c1ccccc1)NN=Cc1cc(Br)ccc1F. The minimum absolute atomic E-state index is 0.0455. The Morgan fingerprint density at radius 1 is 1.12 bits per heavy atom. The van der Waals surface area contributed by atoms with Crippen LogP contribution in [0.1, 0.15) is 5.56 Å². The predicted molar refractivity (Wildman–Crippen MR) is 132 cm³/mol. The van der Waals surface area contributed by atoms with Crippen LogP contribution in [0.25, 0.3) is 17.1 Å². The molecule has 0 bridgehead atoms. The van der Waals surface area contributed by atoms with Crippen LogP contribution in [-0.2, 0) is 4.79 Å². The monoisotopic (exact) mass is 543 g/mol. The summed E-state index contributed by atoms with van der Waals surface area (Å²) in [6, 6.07) is 21.4. The normalized spacial score (nSPS) is 11.1. The van der Waals surface area contributed by atoms with Crippen molar-refractivity contribution < 1.29 is 9.18 Å². The zero-order valence-electron chi connectivity index (χ0n) is 17.0. The fraction of sp³-hybridized carbons (Fsp3) is 0.0435. The van der Waals surface area contributed by atoms with Gasteiger partial charge in [0.05, 0.1) is 12.0 Å².